The van der Waals surface area contributed by atoms with Crippen molar-refractivity contribution in [1.82, 2.24) is 14.5 Å². The highest BCUT2D eigenvalue weighted by atomic mass is 16.3. The van der Waals surface area contributed by atoms with E-state index in [0.29, 0.717) is 5.82 Å². The minimum atomic E-state index is -0.548. The molecule has 3 aromatic heterocycles. The van der Waals surface area contributed by atoms with Gasteiger partial charge < -0.3 is 8.98 Å². The van der Waals surface area contributed by atoms with Gasteiger partial charge in [0, 0.05) is 49.3 Å². The molecule has 0 N–H and O–H groups in total. The van der Waals surface area contributed by atoms with Gasteiger partial charge in [-0.25, -0.2) is 9.97 Å². The third kappa shape index (κ3) is 4.50. The number of hydrogen-bond acceptors (Lipinski definition) is 3. The minimum absolute atomic E-state index is 0.548. The Morgan fingerprint density at radius 2 is 1.00 bits per heavy atom. The second-order valence-electron chi connectivity index (χ2n) is 17.5. The fourth-order valence-electron chi connectivity index (χ4n) is 11.9. The Hall–Kier alpha value is -8.60. The molecule has 2 aliphatic carbocycles. The van der Waals surface area contributed by atoms with Crippen molar-refractivity contribution >= 4 is 65.4 Å². The first-order valence-electron chi connectivity index (χ1n) is 22.3. The van der Waals surface area contributed by atoms with Crippen LogP contribution in [0, 0.1) is 0 Å². The van der Waals surface area contributed by atoms with Gasteiger partial charge in [-0.3, -0.25) is 0 Å². The molecule has 0 atom stereocenters. The van der Waals surface area contributed by atoms with E-state index in [4.69, 9.17) is 14.4 Å². The number of para-hydroxylation sites is 2. The Balaban J connectivity index is 1.05. The maximum atomic E-state index is 6.63. The van der Waals surface area contributed by atoms with E-state index in [2.05, 4.69) is 205 Å². The van der Waals surface area contributed by atoms with Gasteiger partial charge in [-0.05, 0) is 98.2 Å². The summed E-state index contributed by atoms with van der Waals surface area (Å²) in [5.74, 6) is 0.682. The summed E-state index contributed by atoms with van der Waals surface area (Å²) in [7, 11) is 0. The third-order valence-corrected chi connectivity index (χ3v) is 14.4. The average Bonchev–Trinajstić information content (AvgIpc) is 4.10. The molecule has 0 radical (unpaired) electrons. The molecule has 15 rings (SSSR count). The fraction of sp³-hybridized carbons (Fsp3) is 0.0164. The summed E-state index contributed by atoms with van der Waals surface area (Å²) in [6.07, 6.45) is 0. The number of furan rings is 1. The molecule has 4 heteroatoms. The van der Waals surface area contributed by atoms with Crippen LogP contribution in [0.2, 0.25) is 0 Å². The molecule has 0 amide bonds. The van der Waals surface area contributed by atoms with Gasteiger partial charge in [-0.15, -0.1) is 0 Å². The topological polar surface area (TPSA) is 43.9 Å². The summed E-state index contributed by atoms with van der Waals surface area (Å²) < 4.78 is 9.18. The number of hydrogen-bond donors (Lipinski definition) is 0. The normalized spacial score (nSPS) is 13.4. The maximum absolute atomic E-state index is 6.63. The van der Waals surface area contributed by atoms with E-state index in [1.807, 2.05) is 12.1 Å². The monoisotopic (exact) mass is 825 g/mol. The lowest BCUT2D eigenvalue weighted by Crippen LogP contribution is -2.26. The summed E-state index contributed by atoms with van der Waals surface area (Å²) in [6.45, 7) is 0. The summed E-state index contributed by atoms with van der Waals surface area (Å²) in [5, 5.41) is 8.13. The first kappa shape index (κ1) is 34.9. The smallest absolute Gasteiger partial charge is 0.160 e. The van der Waals surface area contributed by atoms with Gasteiger partial charge in [-0.1, -0.05) is 164 Å². The van der Waals surface area contributed by atoms with Crippen LogP contribution in [0.3, 0.4) is 0 Å². The van der Waals surface area contributed by atoms with Crippen LogP contribution in [0.15, 0.2) is 217 Å². The zero-order valence-electron chi connectivity index (χ0n) is 35.0. The molecule has 0 saturated carbocycles. The van der Waals surface area contributed by atoms with Crippen LogP contribution in [0.1, 0.15) is 22.3 Å². The van der Waals surface area contributed by atoms with Crippen LogP contribution >= 0.6 is 0 Å². The molecule has 13 aromatic rings. The van der Waals surface area contributed by atoms with Crippen molar-refractivity contribution in [3.63, 3.8) is 0 Å². The average molecular weight is 826 g/mol. The fourth-order valence-corrected chi connectivity index (χ4v) is 11.9. The Labute approximate surface area is 373 Å². The van der Waals surface area contributed by atoms with E-state index in [1.165, 1.54) is 71.6 Å². The van der Waals surface area contributed by atoms with Gasteiger partial charge in [-0.2, -0.15) is 0 Å². The predicted molar refractivity (Wildman–Crippen MR) is 266 cm³/mol. The van der Waals surface area contributed by atoms with Crippen LogP contribution in [0.25, 0.3) is 116 Å². The molecule has 65 heavy (non-hydrogen) atoms. The Kier molecular flexibility index (Phi) is 6.85. The molecule has 0 unspecified atom stereocenters. The molecule has 0 fully saturated rings. The van der Waals surface area contributed by atoms with Gasteiger partial charge in [0.05, 0.1) is 27.7 Å². The summed E-state index contributed by atoms with van der Waals surface area (Å²) in [5.41, 5.74) is 18.9. The van der Waals surface area contributed by atoms with E-state index in [-0.39, 0.29) is 0 Å². The number of fused-ring (bicyclic) bond motifs is 21. The first-order chi connectivity index (χ1) is 32.3. The second kappa shape index (κ2) is 12.7. The lowest BCUT2D eigenvalue weighted by molar-refractivity contribution is 0.669. The zero-order valence-corrected chi connectivity index (χ0v) is 35.0. The van der Waals surface area contributed by atoms with E-state index in [1.54, 1.807) is 0 Å². The molecule has 1 spiro atoms. The minimum Gasteiger partial charge on any atom is -0.456 e. The summed E-state index contributed by atoms with van der Waals surface area (Å²) in [6, 6.07) is 77.1. The number of benzene rings is 10. The molecule has 300 valence electrons. The zero-order chi connectivity index (χ0) is 42.4. The second-order valence-corrected chi connectivity index (χ2v) is 17.5. The van der Waals surface area contributed by atoms with E-state index >= 15 is 0 Å². The molecule has 0 bridgehead atoms. The van der Waals surface area contributed by atoms with Crippen LogP contribution in [0.5, 0.6) is 0 Å². The molecular weight excluding hydrogens is 791 g/mol. The quantitative estimate of drug-likeness (QED) is 0.178. The Morgan fingerprint density at radius 3 is 1.77 bits per heavy atom. The van der Waals surface area contributed by atoms with Crippen LogP contribution in [-0.2, 0) is 5.41 Å². The van der Waals surface area contributed by atoms with Crippen molar-refractivity contribution in [1.29, 1.82) is 0 Å². The van der Waals surface area contributed by atoms with Crippen LogP contribution < -0.4 is 0 Å². The van der Waals surface area contributed by atoms with Crippen molar-refractivity contribution in [2.45, 2.75) is 5.41 Å². The van der Waals surface area contributed by atoms with Crippen molar-refractivity contribution < 1.29 is 4.42 Å². The van der Waals surface area contributed by atoms with E-state index in [0.717, 1.165) is 60.9 Å². The van der Waals surface area contributed by atoms with Gasteiger partial charge in [0.25, 0.3) is 0 Å². The SMILES string of the molecule is c1ccc(-c2nc(-c3ccc4oc5ccc(-n6c7ccccc7c7c8ccccc8c8c(c76)C6(c7ccccc7-c7ccccc76)c6ccccc6-8)cc5c4c3)nc3ccccc23)cc1. The van der Waals surface area contributed by atoms with Crippen LogP contribution in [0.4, 0.5) is 0 Å². The highest BCUT2D eigenvalue weighted by Gasteiger charge is 2.53. The Bertz CT molecular complexity index is 4150. The standard InChI is InChI=1S/C61H35N3O/c1-2-16-36(17-3-1)58-44-23-9-14-28-51(44)62-60(63-58)37-30-32-53-46(34-37)47-35-38(31-33-54(47)65-53)64-52-29-15-10-24-45(52)56-42-21-5-4-20-41(42)55-43-22-8-13-27-50(43)61(57(55)59(56)64)48-25-11-6-18-39(48)40-19-7-12-26-49(40)61/h1-35H. The van der Waals surface area contributed by atoms with E-state index in [9.17, 15) is 0 Å². The molecular formula is C61H35N3O. The summed E-state index contributed by atoms with van der Waals surface area (Å²) in [4.78, 5) is 10.4. The van der Waals surface area contributed by atoms with Gasteiger partial charge in [0.1, 0.15) is 11.2 Å². The molecule has 0 saturated heterocycles. The van der Waals surface area contributed by atoms with Gasteiger partial charge >= 0.3 is 0 Å². The van der Waals surface area contributed by atoms with Crippen molar-refractivity contribution in [2.24, 2.45) is 0 Å². The van der Waals surface area contributed by atoms with Crippen molar-refractivity contribution in [3.8, 4) is 50.6 Å². The molecule has 0 aliphatic heterocycles. The lowest BCUT2D eigenvalue weighted by atomic mass is 9.70. The van der Waals surface area contributed by atoms with E-state index < -0.39 is 5.41 Å². The number of aromatic nitrogens is 3. The molecule has 10 aromatic carbocycles. The third-order valence-electron chi connectivity index (χ3n) is 14.4. The predicted octanol–water partition coefficient (Wildman–Crippen LogP) is 15.5. The van der Waals surface area contributed by atoms with Crippen molar-refractivity contribution in [2.75, 3.05) is 0 Å². The number of rotatable bonds is 3. The van der Waals surface area contributed by atoms with Crippen LogP contribution in [-0.4, -0.2) is 14.5 Å². The molecule has 3 heterocycles. The highest BCUT2D eigenvalue weighted by molar-refractivity contribution is 6.28. The van der Waals surface area contributed by atoms with Gasteiger partial charge in [0.2, 0.25) is 0 Å². The maximum Gasteiger partial charge on any atom is 0.160 e. The molecule has 4 nitrogen and oxygen atoms in total. The first-order valence-corrected chi connectivity index (χ1v) is 22.3. The summed E-state index contributed by atoms with van der Waals surface area (Å²) >= 11 is 0. The largest absolute Gasteiger partial charge is 0.456 e. The highest BCUT2D eigenvalue weighted by Crippen LogP contribution is 2.66. The van der Waals surface area contributed by atoms with Crippen molar-refractivity contribution in [3.05, 3.63) is 235 Å². The number of nitrogens with zero attached hydrogens (tertiary/aromatic N) is 3. The lowest BCUT2D eigenvalue weighted by Gasteiger charge is -2.31. The Morgan fingerprint density at radius 1 is 0.415 bits per heavy atom. The molecule has 2 aliphatic rings. The van der Waals surface area contributed by atoms with Gasteiger partial charge in [0.15, 0.2) is 5.82 Å².